The highest BCUT2D eigenvalue weighted by atomic mass is 19.1. The van der Waals surface area contributed by atoms with E-state index in [2.05, 4.69) is 20.3 Å². The highest BCUT2D eigenvalue weighted by molar-refractivity contribution is 5.84. The molecule has 0 saturated carbocycles. The molecule has 0 saturated heterocycles. The third kappa shape index (κ3) is 3.40. The molecule has 28 heavy (non-hydrogen) atoms. The molecular formula is C19H12FN5O3. The minimum atomic E-state index is -0.639. The van der Waals surface area contributed by atoms with Gasteiger partial charge in [0.05, 0.1) is 4.92 Å². The first-order chi connectivity index (χ1) is 13.6. The lowest BCUT2D eigenvalue weighted by Crippen LogP contribution is -2.03. The Morgan fingerprint density at radius 1 is 1.00 bits per heavy atom. The predicted octanol–water partition coefficient (Wildman–Crippen LogP) is 4.61. The van der Waals surface area contributed by atoms with Crippen molar-refractivity contribution in [1.29, 1.82) is 0 Å². The molecule has 8 nitrogen and oxygen atoms in total. The third-order valence-corrected chi connectivity index (χ3v) is 3.88. The Balaban J connectivity index is 1.74. The third-order valence-electron chi connectivity index (χ3n) is 3.88. The summed E-state index contributed by atoms with van der Waals surface area (Å²) < 4.78 is 18.8. The first-order valence-electron chi connectivity index (χ1n) is 8.15. The number of aromatic nitrogens is 3. The van der Waals surface area contributed by atoms with Gasteiger partial charge >= 0.3 is 11.6 Å². The lowest BCUT2D eigenvalue weighted by Gasteiger charge is -2.10. The molecule has 2 aromatic heterocycles. The minimum Gasteiger partial charge on any atom is -0.431 e. The molecule has 0 unspecified atom stereocenters. The molecule has 0 atom stereocenters. The smallest absolute Gasteiger partial charge is 0.373 e. The zero-order valence-electron chi connectivity index (χ0n) is 14.2. The molecule has 0 amide bonds. The van der Waals surface area contributed by atoms with Crippen molar-refractivity contribution in [3.05, 3.63) is 83.1 Å². The molecule has 4 aromatic rings. The van der Waals surface area contributed by atoms with Gasteiger partial charge in [-0.1, -0.05) is 18.2 Å². The monoisotopic (exact) mass is 377 g/mol. The van der Waals surface area contributed by atoms with Gasteiger partial charge in [0.25, 0.3) is 0 Å². The number of anilines is 2. The molecule has 0 aliphatic heterocycles. The van der Waals surface area contributed by atoms with Crippen LogP contribution in [-0.4, -0.2) is 19.9 Å². The Kier molecular flexibility index (Phi) is 4.47. The van der Waals surface area contributed by atoms with Gasteiger partial charge in [0.15, 0.2) is 5.75 Å². The fourth-order valence-corrected chi connectivity index (χ4v) is 2.63. The van der Waals surface area contributed by atoms with Crippen LogP contribution in [0.15, 0.2) is 67.1 Å². The second-order valence-corrected chi connectivity index (χ2v) is 5.70. The van der Waals surface area contributed by atoms with Crippen molar-refractivity contribution in [3.8, 4) is 11.6 Å². The van der Waals surface area contributed by atoms with Crippen LogP contribution >= 0.6 is 0 Å². The van der Waals surface area contributed by atoms with Crippen LogP contribution in [-0.2, 0) is 0 Å². The molecule has 9 heteroatoms. The minimum absolute atomic E-state index is 0.0743. The Morgan fingerprint density at radius 3 is 2.57 bits per heavy atom. The molecule has 138 valence electrons. The van der Waals surface area contributed by atoms with E-state index in [-0.39, 0.29) is 11.7 Å². The zero-order chi connectivity index (χ0) is 19.5. The highest BCUT2D eigenvalue weighted by Crippen LogP contribution is 2.37. The maximum atomic E-state index is 13.1. The van der Waals surface area contributed by atoms with E-state index in [0.717, 1.165) is 11.7 Å². The molecule has 0 spiro atoms. The average Bonchev–Trinajstić information content (AvgIpc) is 2.70. The van der Waals surface area contributed by atoms with E-state index in [4.69, 9.17) is 4.74 Å². The van der Waals surface area contributed by atoms with Crippen LogP contribution in [0.3, 0.4) is 0 Å². The molecule has 0 radical (unpaired) electrons. The van der Waals surface area contributed by atoms with Crippen LogP contribution in [0, 0.1) is 15.9 Å². The largest absolute Gasteiger partial charge is 0.431 e. The van der Waals surface area contributed by atoms with Crippen molar-refractivity contribution in [1.82, 2.24) is 15.0 Å². The van der Waals surface area contributed by atoms with Crippen LogP contribution in [0.25, 0.3) is 10.9 Å². The van der Waals surface area contributed by atoms with Crippen molar-refractivity contribution in [2.24, 2.45) is 0 Å². The van der Waals surface area contributed by atoms with Crippen molar-refractivity contribution >= 4 is 28.1 Å². The fraction of sp³-hybridized carbons (Fsp3) is 0. The molecule has 0 fully saturated rings. The number of pyridine rings is 1. The highest BCUT2D eigenvalue weighted by Gasteiger charge is 2.25. The summed E-state index contributed by atoms with van der Waals surface area (Å²) in [4.78, 5) is 23.1. The summed E-state index contributed by atoms with van der Waals surface area (Å²) in [5, 5.41) is 15.3. The Bertz CT molecular complexity index is 1160. The number of rotatable bonds is 5. The number of hydrogen-bond acceptors (Lipinski definition) is 7. The lowest BCUT2D eigenvalue weighted by atomic mass is 10.2. The van der Waals surface area contributed by atoms with Crippen LogP contribution in [0.2, 0.25) is 0 Å². The number of halogens is 1. The summed E-state index contributed by atoms with van der Waals surface area (Å²) in [6, 6.07) is 14.2. The maximum absolute atomic E-state index is 13.1. The average molecular weight is 377 g/mol. The van der Waals surface area contributed by atoms with Crippen molar-refractivity contribution in [2.45, 2.75) is 0 Å². The van der Waals surface area contributed by atoms with E-state index in [1.807, 2.05) is 12.1 Å². The summed E-state index contributed by atoms with van der Waals surface area (Å²) >= 11 is 0. The van der Waals surface area contributed by atoms with Crippen molar-refractivity contribution in [3.63, 3.8) is 0 Å². The molecular weight excluding hydrogens is 365 g/mol. The molecule has 4 rings (SSSR count). The van der Waals surface area contributed by atoms with E-state index >= 15 is 0 Å². The number of nitrogens with zero attached hydrogens (tertiary/aromatic N) is 4. The lowest BCUT2D eigenvalue weighted by molar-refractivity contribution is -0.385. The summed E-state index contributed by atoms with van der Waals surface area (Å²) in [5.74, 6) is -0.402. The number of para-hydroxylation sites is 1. The van der Waals surface area contributed by atoms with Gasteiger partial charge in [0.1, 0.15) is 17.7 Å². The van der Waals surface area contributed by atoms with Crippen LogP contribution < -0.4 is 10.1 Å². The molecule has 0 aliphatic rings. The van der Waals surface area contributed by atoms with E-state index in [0.29, 0.717) is 17.0 Å². The van der Waals surface area contributed by atoms with E-state index in [1.54, 1.807) is 24.4 Å². The van der Waals surface area contributed by atoms with Gasteiger partial charge in [-0.3, -0.25) is 15.1 Å². The fourth-order valence-electron chi connectivity index (χ4n) is 2.63. The molecule has 2 aromatic carbocycles. The predicted molar refractivity (Wildman–Crippen MR) is 100 cm³/mol. The number of fused-ring (bicyclic) bond motifs is 1. The van der Waals surface area contributed by atoms with Gasteiger partial charge in [-0.15, -0.1) is 0 Å². The summed E-state index contributed by atoms with van der Waals surface area (Å²) in [5.41, 5.74) is 0.534. The van der Waals surface area contributed by atoms with Crippen molar-refractivity contribution < 1.29 is 14.1 Å². The van der Waals surface area contributed by atoms with Gasteiger partial charge in [0.2, 0.25) is 5.82 Å². The summed E-state index contributed by atoms with van der Waals surface area (Å²) in [6.45, 7) is 0. The summed E-state index contributed by atoms with van der Waals surface area (Å²) in [7, 11) is 0. The maximum Gasteiger partial charge on any atom is 0.373 e. The summed E-state index contributed by atoms with van der Waals surface area (Å²) in [6.07, 6.45) is 2.75. The van der Waals surface area contributed by atoms with E-state index in [1.165, 1.54) is 24.3 Å². The van der Waals surface area contributed by atoms with Gasteiger partial charge in [-0.05, 0) is 36.4 Å². The van der Waals surface area contributed by atoms with E-state index in [9.17, 15) is 14.5 Å². The van der Waals surface area contributed by atoms with Gasteiger partial charge in [0, 0.05) is 17.3 Å². The Morgan fingerprint density at radius 2 is 1.79 bits per heavy atom. The van der Waals surface area contributed by atoms with Gasteiger partial charge < -0.3 is 10.1 Å². The Labute approximate surface area is 157 Å². The first kappa shape index (κ1) is 17.3. The molecule has 0 aliphatic carbocycles. The Hall–Kier alpha value is -4.14. The number of ether oxygens (including phenoxy) is 1. The first-order valence-corrected chi connectivity index (χ1v) is 8.15. The number of benzene rings is 2. The number of hydrogen-bond donors (Lipinski definition) is 1. The van der Waals surface area contributed by atoms with Crippen LogP contribution in [0.1, 0.15) is 0 Å². The standard InChI is InChI=1S/C19H12FN5O3/c20-13-6-8-14(9-7-13)24-18-17(25(26)27)19(23-11-22-18)28-15-5-1-3-12-4-2-10-21-16(12)15/h1-11H,(H,22,23,24). The topological polar surface area (TPSA) is 103 Å². The number of nitrogens with one attached hydrogen (secondary N) is 1. The van der Waals surface area contributed by atoms with Gasteiger partial charge in [-0.2, -0.15) is 4.98 Å². The second kappa shape index (κ2) is 7.23. The molecule has 2 heterocycles. The van der Waals surface area contributed by atoms with E-state index < -0.39 is 16.4 Å². The van der Waals surface area contributed by atoms with Crippen LogP contribution in [0.4, 0.5) is 21.6 Å². The SMILES string of the molecule is O=[N+]([O-])c1c(Nc2ccc(F)cc2)ncnc1Oc1cccc2cccnc12. The van der Waals surface area contributed by atoms with Crippen LogP contribution in [0.5, 0.6) is 11.6 Å². The zero-order valence-corrected chi connectivity index (χ0v) is 14.2. The normalized spacial score (nSPS) is 10.6. The number of nitro groups is 1. The molecule has 0 bridgehead atoms. The quantitative estimate of drug-likeness (QED) is 0.400. The molecule has 1 N–H and O–H groups in total. The van der Waals surface area contributed by atoms with Crippen molar-refractivity contribution in [2.75, 3.05) is 5.32 Å². The van der Waals surface area contributed by atoms with Gasteiger partial charge in [-0.25, -0.2) is 9.37 Å². The second-order valence-electron chi connectivity index (χ2n) is 5.70.